The molecular weight excluding hydrogens is 349 g/mol. The van der Waals surface area contributed by atoms with Crippen molar-refractivity contribution in [2.24, 2.45) is 5.73 Å². The molecule has 0 saturated heterocycles. The fourth-order valence-electron chi connectivity index (χ4n) is 1.88. The lowest BCUT2D eigenvalue weighted by atomic mass is 10.2. The van der Waals surface area contributed by atoms with Crippen LogP contribution in [0.4, 0.5) is 14.9 Å². The van der Waals surface area contributed by atoms with Crippen LogP contribution >= 0.6 is 11.8 Å². The lowest BCUT2D eigenvalue weighted by Crippen LogP contribution is -2.46. The van der Waals surface area contributed by atoms with Gasteiger partial charge >= 0.3 is 12.0 Å². The van der Waals surface area contributed by atoms with E-state index in [-0.39, 0.29) is 5.69 Å². The van der Waals surface area contributed by atoms with Crippen molar-refractivity contribution in [2.75, 3.05) is 17.3 Å². The Morgan fingerprint density at radius 3 is 2.60 bits per heavy atom. The van der Waals surface area contributed by atoms with E-state index in [1.54, 1.807) is 13.0 Å². The van der Waals surface area contributed by atoms with Gasteiger partial charge in [-0.1, -0.05) is 6.07 Å². The van der Waals surface area contributed by atoms with Crippen LogP contribution in [-0.2, 0) is 14.3 Å². The van der Waals surface area contributed by atoms with Crippen LogP contribution in [0.25, 0.3) is 0 Å². The van der Waals surface area contributed by atoms with Gasteiger partial charge < -0.3 is 21.1 Å². The number of nitrogens with two attached hydrogens (primary N) is 1. The maximum absolute atomic E-state index is 13.5. The average molecular weight is 371 g/mol. The van der Waals surface area contributed by atoms with Crippen LogP contribution in [0.2, 0.25) is 0 Å². The number of carbonyl (C=O) groups is 3. The molecule has 0 aromatic heterocycles. The number of urea groups is 1. The Morgan fingerprint density at radius 2 is 2.04 bits per heavy atom. The van der Waals surface area contributed by atoms with Crippen LogP contribution in [0.1, 0.15) is 18.9 Å². The predicted molar refractivity (Wildman–Crippen MR) is 94.8 cm³/mol. The van der Waals surface area contributed by atoms with E-state index < -0.39 is 35.9 Å². The van der Waals surface area contributed by atoms with Crippen molar-refractivity contribution in [1.82, 2.24) is 5.32 Å². The number of ether oxygens (including phenoxy) is 1. The van der Waals surface area contributed by atoms with Crippen LogP contribution in [-0.4, -0.2) is 42.1 Å². The van der Waals surface area contributed by atoms with Gasteiger partial charge in [0.2, 0.25) is 0 Å². The van der Waals surface area contributed by atoms with Gasteiger partial charge in [0.1, 0.15) is 11.9 Å². The predicted octanol–water partition coefficient (Wildman–Crippen LogP) is 1.79. The number of amides is 3. The van der Waals surface area contributed by atoms with Crippen molar-refractivity contribution >= 4 is 35.4 Å². The Hall–Kier alpha value is -2.29. The van der Waals surface area contributed by atoms with Gasteiger partial charge in [0, 0.05) is 5.69 Å². The Kier molecular flexibility index (Phi) is 8.20. The fraction of sp³-hybridized carbons (Fsp3) is 0.438. The van der Waals surface area contributed by atoms with Crippen LogP contribution < -0.4 is 16.4 Å². The Balaban J connectivity index is 2.65. The number of primary amides is 1. The van der Waals surface area contributed by atoms with E-state index in [1.807, 2.05) is 6.26 Å². The minimum absolute atomic E-state index is 0.255. The summed E-state index contributed by atoms with van der Waals surface area (Å²) in [6.07, 6.45) is 1.05. The van der Waals surface area contributed by atoms with E-state index in [2.05, 4.69) is 10.6 Å². The lowest BCUT2D eigenvalue weighted by molar-refractivity contribution is -0.155. The zero-order valence-electron chi connectivity index (χ0n) is 14.3. The maximum Gasteiger partial charge on any atom is 0.329 e. The van der Waals surface area contributed by atoms with Gasteiger partial charge in [0.15, 0.2) is 6.10 Å². The Morgan fingerprint density at radius 1 is 1.36 bits per heavy atom. The first-order valence-corrected chi connectivity index (χ1v) is 8.96. The number of rotatable bonds is 8. The van der Waals surface area contributed by atoms with E-state index in [1.165, 1.54) is 30.8 Å². The van der Waals surface area contributed by atoms with Crippen LogP contribution in [0, 0.1) is 12.7 Å². The molecule has 0 bridgehead atoms. The minimum atomic E-state index is -1.12. The maximum atomic E-state index is 13.5. The molecule has 9 heteroatoms. The number of aryl methyl sites for hydroxylation is 1. The number of esters is 1. The summed E-state index contributed by atoms with van der Waals surface area (Å²) in [6, 6.07) is 2.46. The standard InChI is InChI=1S/C16H22FN3O4S/c1-9-4-5-11(8-12(9)17)19-14(21)10(2)24-15(22)13(6-7-25-3)20-16(18)23/h4-5,8,10,13H,6-7H2,1-3H3,(H,19,21)(H3,18,20,23)/t10-,13+/m0/s1. The molecule has 0 spiro atoms. The third-order valence-corrected chi connectivity index (χ3v) is 3.96. The third-order valence-electron chi connectivity index (χ3n) is 3.31. The largest absolute Gasteiger partial charge is 0.451 e. The first-order valence-electron chi connectivity index (χ1n) is 7.57. The van der Waals surface area contributed by atoms with Gasteiger partial charge in [-0.25, -0.2) is 14.0 Å². The molecule has 0 aliphatic carbocycles. The van der Waals surface area contributed by atoms with Gasteiger partial charge in [0.25, 0.3) is 5.91 Å². The molecule has 1 rings (SSSR count). The number of thioether (sulfide) groups is 1. The second-order valence-electron chi connectivity index (χ2n) is 5.37. The topological polar surface area (TPSA) is 111 Å². The number of hydrogen-bond acceptors (Lipinski definition) is 5. The summed E-state index contributed by atoms with van der Waals surface area (Å²) in [5.41, 5.74) is 5.75. The number of nitrogens with one attached hydrogen (secondary N) is 2. The molecule has 2 atom stereocenters. The van der Waals surface area contributed by atoms with Crippen LogP contribution in [0.5, 0.6) is 0 Å². The molecule has 0 saturated carbocycles. The summed E-state index contributed by atoms with van der Waals surface area (Å²) >= 11 is 1.49. The van der Waals surface area contributed by atoms with Crippen LogP contribution in [0.3, 0.4) is 0 Å². The van der Waals surface area contributed by atoms with E-state index in [0.29, 0.717) is 17.7 Å². The number of hydrogen-bond donors (Lipinski definition) is 3. The second-order valence-corrected chi connectivity index (χ2v) is 6.36. The van der Waals surface area contributed by atoms with Crippen molar-refractivity contribution in [3.8, 4) is 0 Å². The van der Waals surface area contributed by atoms with Crippen LogP contribution in [0.15, 0.2) is 18.2 Å². The highest BCUT2D eigenvalue weighted by atomic mass is 32.2. The molecule has 0 heterocycles. The molecule has 4 N–H and O–H groups in total. The zero-order chi connectivity index (χ0) is 19.0. The van der Waals surface area contributed by atoms with Crippen molar-refractivity contribution in [1.29, 1.82) is 0 Å². The molecule has 138 valence electrons. The normalized spacial score (nSPS) is 12.8. The van der Waals surface area contributed by atoms with E-state index in [4.69, 9.17) is 10.5 Å². The summed E-state index contributed by atoms with van der Waals surface area (Å²) in [5.74, 6) is -1.22. The van der Waals surface area contributed by atoms with Crippen molar-refractivity contribution in [2.45, 2.75) is 32.4 Å². The summed E-state index contributed by atoms with van der Waals surface area (Å²) in [6.45, 7) is 2.99. The monoisotopic (exact) mass is 371 g/mol. The Bertz CT molecular complexity index is 642. The van der Waals surface area contributed by atoms with E-state index in [9.17, 15) is 18.8 Å². The summed E-state index contributed by atoms with van der Waals surface area (Å²) in [5, 5.41) is 4.76. The molecule has 0 fully saturated rings. The lowest BCUT2D eigenvalue weighted by Gasteiger charge is -2.19. The number of halogens is 1. The van der Waals surface area contributed by atoms with Crippen molar-refractivity contribution in [3.63, 3.8) is 0 Å². The summed E-state index contributed by atoms with van der Waals surface area (Å²) in [4.78, 5) is 35.2. The summed E-state index contributed by atoms with van der Waals surface area (Å²) < 4.78 is 18.6. The molecule has 25 heavy (non-hydrogen) atoms. The molecule has 7 nitrogen and oxygen atoms in total. The highest BCUT2D eigenvalue weighted by Gasteiger charge is 2.25. The van der Waals surface area contributed by atoms with Crippen molar-refractivity contribution in [3.05, 3.63) is 29.6 Å². The molecule has 0 aliphatic heterocycles. The third kappa shape index (κ3) is 7.00. The highest BCUT2D eigenvalue weighted by molar-refractivity contribution is 7.98. The smallest absolute Gasteiger partial charge is 0.329 e. The SMILES string of the molecule is CSCC[C@@H](NC(N)=O)C(=O)O[C@@H](C)C(=O)Nc1ccc(C)c(F)c1. The van der Waals surface area contributed by atoms with Gasteiger partial charge in [0.05, 0.1) is 0 Å². The second kappa shape index (κ2) is 9.87. The summed E-state index contributed by atoms with van der Waals surface area (Å²) in [7, 11) is 0. The van der Waals surface area contributed by atoms with Crippen molar-refractivity contribution < 1.29 is 23.5 Å². The molecule has 0 radical (unpaired) electrons. The van der Waals surface area contributed by atoms with E-state index >= 15 is 0 Å². The van der Waals surface area contributed by atoms with Gasteiger partial charge in [-0.15, -0.1) is 0 Å². The van der Waals surface area contributed by atoms with Gasteiger partial charge in [-0.05, 0) is 50.0 Å². The van der Waals surface area contributed by atoms with Gasteiger partial charge in [-0.3, -0.25) is 4.79 Å². The number of carbonyl (C=O) groups excluding carboxylic acids is 3. The Labute approximate surface area is 149 Å². The molecule has 1 aromatic rings. The molecule has 0 unspecified atom stereocenters. The molecule has 1 aromatic carbocycles. The first-order chi connectivity index (χ1) is 11.7. The first kappa shape index (κ1) is 20.8. The minimum Gasteiger partial charge on any atom is -0.451 e. The molecule has 3 amide bonds. The highest BCUT2D eigenvalue weighted by Crippen LogP contribution is 2.14. The van der Waals surface area contributed by atoms with E-state index in [0.717, 1.165) is 0 Å². The van der Waals surface area contributed by atoms with Gasteiger partial charge in [-0.2, -0.15) is 11.8 Å². The quantitative estimate of drug-likeness (QED) is 0.604. The number of benzene rings is 1. The molecular formula is C16H22FN3O4S. The zero-order valence-corrected chi connectivity index (χ0v) is 15.1. The fourth-order valence-corrected chi connectivity index (χ4v) is 2.35. The molecule has 0 aliphatic rings. The average Bonchev–Trinajstić information content (AvgIpc) is 2.54. The number of anilines is 1.